The van der Waals surface area contributed by atoms with Gasteiger partial charge in [-0.25, -0.2) is 0 Å². The van der Waals surface area contributed by atoms with Crippen LogP contribution in [0.15, 0.2) is 47.6 Å². The van der Waals surface area contributed by atoms with Gasteiger partial charge in [0.25, 0.3) is 5.69 Å². The molecule has 1 heterocycles. The van der Waals surface area contributed by atoms with Gasteiger partial charge in [-0.05, 0) is 17.7 Å². The van der Waals surface area contributed by atoms with Gasteiger partial charge in [-0.15, -0.1) is 0 Å². The smallest absolute Gasteiger partial charge is 0.288 e. The third-order valence-corrected chi connectivity index (χ3v) is 4.93. The van der Waals surface area contributed by atoms with Crippen molar-refractivity contribution in [3.8, 4) is 0 Å². The van der Waals surface area contributed by atoms with Crippen molar-refractivity contribution in [3.05, 3.63) is 73.8 Å². The molecule has 0 spiro atoms. The quantitative estimate of drug-likeness (QED) is 0.437. The van der Waals surface area contributed by atoms with Crippen molar-refractivity contribution in [1.82, 2.24) is 9.91 Å². The summed E-state index contributed by atoms with van der Waals surface area (Å²) < 4.78 is 0. The van der Waals surface area contributed by atoms with E-state index in [0.717, 1.165) is 43.3 Å². The summed E-state index contributed by atoms with van der Waals surface area (Å²) in [5, 5.41) is 18.3. The molecule has 3 rings (SSSR count). The maximum absolute atomic E-state index is 10.9. The molecule has 0 aliphatic carbocycles. The highest BCUT2D eigenvalue weighted by Gasteiger charge is 2.17. The number of nitro benzene ring substituents is 1. The zero-order chi connectivity index (χ0) is 18.5. The number of hydrogen-bond acceptors (Lipinski definition) is 5. The minimum absolute atomic E-state index is 0.111. The third-order valence-electron chi connectivity index (χ3n) is 4.24. The summed E-state index contributed by atoms with van der Waals surface area (Å²) in [6.07, 6.45) is 1.63. The van der Waals surface area contributed by atoms with Crippen molar-refractivity contribution >= 4 is 35.1 Å². The van der Waals surface area contributed by atoms with E-state index in [4.69, 9.17) is 23.2 Å². The highest BCUT2D eigenvalue weighted by atomic mass is 35.5. The molecule has 1 saturated heterocycles. The molecule has 0 amide bonds. The van der Waals surface area contributed by atoms with Crippen molar-refractivity contribution in [2.45, 2.75) is 6.54 Å². The van der Waals surface area contributed by atoms with E-state index in [0.29, 0.717) is 5.56 Å². The number of halogens is 2. The summed E-state index contributed by atoms with van der Waals surface area (Å²) in [5.41, 5.74) is 1.67. The fourth-order valence-electron chi connectivity index (χ4n) is 2.78. The Labute approximate surface area is 161 Å². The van der Waals surface area contributed by atoms with Crippen LogP contribution in [0.5, 0.6) is 0 Å². The summed E-state index contributed by atoms with van der Waals surface area (Å²) in [5.74, 6) is 0. The van der Waals surface area contributed by atoms with Crippen molar-refractivity contribution in [1.29, 1.82) is 0 Å². The Kier molecular flexibility index (Phi) is 6.08. The van der Waals surface area contributed by atoms with Gasteiger partial charge in [0, 0.05) is 49.4 Å². The SMILES string of the molecule is O=[N+]([O-])c1cc(C=NN2CCN(Cc3ccccc3Cl)CC2)ccc1Cl. The van der Waals surface area contributed by atoms with Gasteiger partial charge in [0.05, 0.1) is 11.1 Å². The topological polar surface area (TPSA) is 62.0 Å². The number of hydrogen-bond donors (Lipinski definition) is 0. The Hall–Kier alpha value is -2.15. The van der Waals surface area contributed by atoms with E-state index in [-0.39, 0.29) is 10.7 Å². The molecule has 136 valence electrons. The number of hydrazone groups is 1. The van der Waals surface area contributed by atoms with Crippen LogP contribution in [0.2, 0.25) is 10.0 Å². The number of benzene rings is 2. The predicted octanol–water partition coefficient (Wildman–Crippen LogP) is 4.05. The maximum atomic E-state index is 10.9. The van der Waals surface area contributed by atoms with Crippen LogP contribution in [0.1, 0.15) is 11.1 Å². The molecule has 26 heavy (non-hydrogen) atoms. The molecule has 0 bridgehead atoms. The van der Waals surface area contributed by atoms with E-state index < -0.39 is 4.92 Å². The zero-order valence-corrected chi connectivity index (χ0v) is 15.5. The summed E-state index contributed by atoms with van der Waals surface area (Å²) in [4.78, 5) is 12.8. The summed E-state index contributed by atoms with van der Waals surface area (Å²) in [6, 6.07) is 12.5. The average Bonchev–Trinajstić information content (AvgIpc) is 2.64. The van der Waals surface area contributed by atoms with Crippen molar-refractivity contribution in [2.75, 3.05) is 26.2 Å². The maximum Gasteiger partial charge on any atom is 0.288 e. The molecule has 0 aromatic heterocycles. The first-order chi connectivity index (χ1) is 12.5. The van der Waals surface area contributed by atoms with Crippen LogP contribution < -0.4 is 0 Å². The molecular weight excluding hydrogens is 375 g/mol. The fourth-order valence-corrected chi connectivity index (χ4v) is 3.16. The molecule has 0 unspecified atom stereocenters. The lowest BCUT2D eigenvalue weighted by molar-refractivity contribution is -0.384. The zero-order valence-electron chi connectivity index (χ0n) is 14.0. The average molecular weight is 393 g/mol. The number of rotatable bonds is 5. The van der Waals surface area contributed by atoms with Gasteiger partial charge in [0.2, 0.25) is 0 Å². The Morgan fingerprint density at radius 3 is 2.50 bits per heavy atom. The standard InChI is InChI=1S/C18H18Cl2N4O2/c19-16-4-2-1-3-15(16)13-22-7-9-23(10-8-22)21-12-14-5-6-17(20)18(11-14)24(25)26/h1-6,11-12H,7-10,13H2. The largest absolute Gasteiger partial charge is 0.295 e. The molecule has 0 N–H and O–H groups in total. The molecule has 1 aliphatic heterocycles. The van der Waals surface area contributed by atoms with Gasteiger partial charge < -0.3 is 0 Å². The minimum atomic E-state index is -0.493. The van der Waals surface area contributed by atoms with Gasteiger partial charge in [-0.1, -0.05) is 47.5 Å². The van der Waals surface area contributed by atoms with E-state index in [9.17, 15) is 10.1 Å². The second-order valence-electron chi connectivity index (χ2n) is 6.03. The van der Waals surface area contributed by atoms with Crippen LogP contribution in [-0.4, -0.2) is 47.2 Å². The van der Waals surface area contributed by atoms with Crippen LogP contribution in [0.4, 0.5) is 5.69 Å². The van der Waals surface area contributed by atoms with E-state index in [2.05, 4.69) is 10.0 Å². The van der Waals surface area contributed by atoms with E-state index in [1.54, 1.807) is 12.3 Å². The second-order valence-corrected chi connectivity index (χ2v) is 6.85. The van der Waals surface area contributed by atoms with E-state index in [1.165, 1.54) is 12.1 Å². The molecule has 0 saturated carbocycles. The molecular formula is C18H18Cl2N4O2. The van der Waals surface area contributed by atoms with Gasteiger partial charge in [0.15, 0.2) is 0 Å². The lowest BCUT2D eigenvalue weighted by Crippen LogP contribution is -2.43. The first kappa shape index (κ1) is 18.6. The molecule has 2 aromatic carbocycles. The molecule has 6 nitrogen and oxygen atoms in total. The molecule has 2 aromatic rings. The van der Waals surface area contributed by atoms with Gasteiger partial charge >= 0.3 is 0 Å². The van der Waals surface area contributed by atoms with Gasteiger partial charge in [-0.3, -0.25) is 20.0 Å². The van der Waals surface area contributed by atoms with Crippen LogP contribution >= 0.6 is 23.2 Å². The highest BCUT2D eigenvalue weighted by molar-refractivity contribution is 6.32. The van der Waals surface area contributed by atoms with Gasteiger partial charge in [0.1, 0.15) is 5.02 Å². The first-order valence-electron chi connectivity index (χ1n) is 8.21. The Morgan fingerprint density at radius 1 is 1.08 bits per heavy atom. The molecule has 1 aliphatic rings. The van der Waals surface area contributed by atoms with Crippen LogP contribution in [0.3, 0.4) is 0 Å². The molecule has 0 atom stereocenters. The van der Waals surface area contributed by atoms with Crippen LogP contribution in [-0.2, 0) is 6.54 Å². The van der Waals surface area contributed by atoms with Crippen LogP contribution in [0, 0.1) is 10.1 Å². The molecule has 1 fully saturated rings. The second kappa shape index (κ2) is 8.49. The normalized spacial score (nSPS) is 15.5. The Balaban J connectivity index is 1.55. The number of piperazine rings is 1. The summed E-state index contributed by atoms with van der Waals surface area (Å²) >= 11 is 12.0. The molecule has 8 heteroatoms. The Morgan fingerprint density at radius 2 is 1.81 bits per heavy atom. The minimum Gasteiger partial charge on any atom is -0.295 e. The molecule has 0 radical (unpaired) electrons. The number of nitrogens with zero attached hydrogens (tertiary/aromatic N) is 4. The van der Waals surface area contributed by atoms with Crippen molar-refractivity contribution < 1.29 is 4.92 Å². The van der Waals surface area contributed by atoms with Gasteiger partial charge in [-0.2, -0.15) is 5.10 Å². The number of nitro groups is 1. The van der Waals surface area contributed by atoms with Crippen LogP contribution in [0.25, 0.3) is 0 Å². The predicted molar refractivity (Wildman–Crippen MR) is 104 cm³/mol. The Bertz CT molecular complexity index is 821. The third kappa shape index (κ3) is 4.72. The van der Waals surface area contributed by atoms with E-state index >= 15 is 0 Å². The fraction of sp³-hybridized carbons (Fsp3) is 0.278. The van der Waals surface area contributed by atoms with Crippen molar-refractivity contribution in [3.63, 3.8) is 0 Å². The highest BCUT2D eigenvalue weighted by Crippen LogP contribution is 2.24. The van der Waals surface area contributed by atoms with Crippen molar-refractivity contribution in [2.24, 2.45) is 5.10 Å². The monoisotopic (exact) mass is 392 g/mol. The summed E-state index contributed by atoms with van der Waals surface area (Å²) in [7, 11) is 0. The van der Waals surface area contributed by atoms with E-state index in [1.807, 2.05) is 29.3 Å². The first-order valence-corrected chi connectivity index (χ1v) is 8.97. The lowest BCUT2D eigenvalue weighted by Gasteiger charge is -2.33. The lowest BCUT2D eigenvalue weighted by atomic mass is 10.2. The summed E-state index contributed by atoms with van der Waals surface area (Å²) in [6.45, 7) is 4.15.